The molecule has 2 N–H and O–H groups in total. The monoisotopic (exact) mass is 210 g/mol. The minimum absolute atomic E-state index is 0.269. The summed E-state index contributed by atoms with van der Waals surface area (Å²) in [6.45, 7) is 5.08. The minimum atomic E-state index is 0.269. The molecule has 1 heterocycles. The second-order valence-corrected chi connectivity index (χ2v) is 4.11. The third-order valence-electron chi connectivity index (χ3n) is 3.04. The molecule has 0 amide bonds. The Balaban J connectivity index is 2.66. The fourth-order valence-corrected chi connectivity index (χ4v) is 1.93. The summed E-state index contributed by atoms with van der Waals surface area (Å²) in [5, 5.41) is 0. The highest BCUT2D eigenvalue weighted by molar-refractivity contribution is 5.12. The second-order valence-electron chi connectivity index (χ2n) is 4.11. The van der Waals surface area contributed by atoms with E-state index in [0.717, 1.165) is 0 Å². The van der Waals surface area contributed by atoms with Crippen molar-refractivity contribution in [1.29, 1.82) is 0 Å². The van der Waals surface area contributed by atoms with Gasteiger partial charge in [0.25, 0.3) is 0 Å². The molecule has 1 aromatic rings. The van der Waals surface area contributed by atoms with Crippen LogP contribution in [0.25, 0.3) is 0 Å². The van der Waals surface area contributed by atoms with Crippen molar-refractivity contribution in [1.82, 2.24) is 4.90 Å². The summed E-state index contributed by atoms with van der Waals surface area (Å²) in [5.74, 6) is 0. The summed E-state index contributed by atoms with van der Waals surface area (Å²) in [4.78, 5) is 2.33. The van der Waals surface area contributed by atoms with Crippen LogP contribution in [0, 0.1) is 0 Å². The summed E-state index contributed by atoms with van der Waals surface area (Å²) >= 11 is 0. The number of nitrogens with zero attached hydrogens (tertiary/aromatic N) is 1. The topological polar surface area (TPSA) is 42.4 Å². The molecule has 0 aliphatic carbocycles. The summed E-state index contributed by atoms with van der Waals surface area (Å²) < 4.78 is 5.10. The average molecular weight is 210 g/mol. The van der Waals surface area contributed by atoms with E-state index in [9.17, 15) is 0 Å². The van der Waals surface area contributed by atoms with E-state index in [4.69, 9.17) is 10.2 Å². The zero-order chi connectivity index (χ0) is 11.3. The van der Waals surface area contributed by atoms with E-state index in [1.807, 2.05) is 6.07 Å². The van der Waals surface area contributed by atoms with Crippen LogP contribution in [0.5, 0.6) is 0 Å². The second kappa shape index (κ2) is 5.93. The Morgan fingerprint density at radius 1 is 1.53 bits per heavy atom. The molecule has 2 unspecified atom stereocenters. The van der Waals surface area contributed by atoms with Gasteiger partial charge in [0, 0.05) is 18.2 Å². The first-order valence-electron chi connectivity index (χ1n) is 5.64. The highest BCUT2D eigenvalue weighted by Crippen LogP contribution is 2.22. The van der Waals surface area contributed by atoms with E-state index in [1.165, 1.54) is 18.4 Å². The molecule has 0 fully saturated rings. The number of rotatable bonds is 6. The van der Waals surface area contributed by atoms with Crippen LogP contribution < -0.4 is 5.73 Å². The van der Waals surface area contributed by atoms with Crippen LogP contribution in [0.1, 0.15) is 38.3 Å². The van der Waals surface area contributed by atoms with Gasteiger partial charge in [0.05, 0.1) is 18.6 Å². The predicted molar refractivity (Wildman–Crippen MR) is 62.6 cm³/mol. The fourth-order valence-electron chi connectivity index (χ4n) is 1.93. The molecule has 2 atom stereocenters. The first-order chi connectivity index (χ1) is 7.20. The molecular formula is C12H22N2O. The summed E-state index contributed by atoms with van der Waals surface area (Å²) in [5.41, 5.74) is 6.98. The van der Waals surface area contributed by atoms with Gasteiger partial charge in [-0.15, -0.1) is 0 Å². The third-order valence-corrected chi connectivity index (χ3v) is 3.04. The SMILES string of the molecule is CCCC(C)N(C)C(CN)c1ccoc1. The molecule has 1 aromatic heterocycles. The van der Waals surface area contributed by atoms with Crippen LogP contribution in [0.2, 0.25) is 0 Å². The van der Waals surface area contributed by atoms with Crippen molar-refractivity contribution in [2.24, 2.45) is 5.73 Å². The molecule has 3 heteroatoms. The Morgan fingerprint density at radius 2 is 2.27 bits per heavy atom. The Hall–Kier alpha value is -0.800. The first kappa shape index (κ1) is 12.3. The maximum absolute atomic E-state index is 5.82. The fraction of sp³-hybridized carbons (Fsp3) is 0.667. The average Bonchev–Trinajstić information content (AvgIpc) is 2.72. The van der Waals surface area contributed by atoms with Crippen molar-refractivity contribution < 1.29 is 4.42 Å². The molecule has 3 nitrogen and oxygen atoms in total. The van der Waals surface area contributed by atoms with Gasteiger partial charge in [0.15, 0.2) is 0 Å². The number of furan rings is 1. The van der Waals surface area contributed by atoms with Gasteiger partial charge in [0.2, 0.25) is 0 Å². The van der Waals surface area contributed by atoms with E-state index in [1.54, 1.807) is 12.5 Å². The zero-order valence-electron chi connectivity index (χ0n) is 9.94. The van der Waals surface area contributed by atoms with Gasteiger partial charge < -0.3 is 10.2 Å². The number of hydrogen-bond donors (Lipinski definition) is 1. The lowest BCUT2D eigenvalue weighted by molar-refractivity contribution is 0.179. The molecule has 0 aromatic carbocycles. The van der Waals surface area contributed by atoms with Crippen LogP contribution in [-0.2, 0) is 0 Å². The van der Waals surface area contributed by atoms with E-state index < -0.39 is 0 Å². The number of nitrogens with two attached hydrogens (primary N) is 1. The lowest BCUT2D eigenvalue weighted by Crippen LogP contribution is -2.36. The minimum Gasteiger partial charge on any atom is -0.472 e. The number of hydrogen-bond acceptors (Lipinski definition) is 3. The maximum Gasteiger partial charge on any atom is 0.0950 e. The first-order valence-corrected chi connectivity index (χ1v) is 5.64. The Bertz CT molecular complexity index is 259. The summed E-state index contributed by atoms with van der Waals surface area (Å²) in [6.07, 6.45) is 5.89. The van der Waals surface area contributed by atoms with Gasteiger partial charge in [-0.2, -0.15) is 0 Å². The highest BCUT2D eigenvalue weighted by Gasteiger charge is 2.20. The standard InChI is InChI=1S/C12H22N2O/c1-4-5-10(2)14(3)12(8-13)11-6-7-15-9-11/h6-7,9-10,12H,4-5,8,13H2,1-3H3. The van der Waals surface area contributed by atoms with Crippen LogP contribution in [-0.4, -0.2) is 24.5 Å². The molecule has 0 aliphatic rings. The van der Waals surface area contributed by atoms with E-state index >= 15 is 0 Å². The van der Waals surface area contributed by atoms with Gasteiger partial charge in [-0.05, 0) is 26.5 Å². The van der Waals surface area contributed by atoms with Gasteiger partial charge >= 0.3 is 0 Å². The smallest absolute Gasteiger partial charge is 0.0950 e. The van der Waals surface area contributed by atoms with Crippen molar-refractivity contribution >= 4 is 0 Å². The van der Waals surface area contributed by atoms with Gasteiger partial charge in [0.1, 0.15) is 0 Å². The highest BCUT2D eigenvalue weighted by atomic mass is 16.3. The molecule has 0 saturated heterocycles. The van der Waals surface area contributed by atoms with Crippen LogP contribution >= 0.6 is 0 Å². The van der Waals surface area contributed by atoms with Gasteiger partial charge in [-0.1, -0.05) is 13.3 Å². The van der Waals surface area contributed by atoms with Crippen LogP contribution in [0.3, 0.4) is 0 Å². The van der Waals surface area contributed by atoms with Gasteiger partial charge in [-0.3, -0.25) is 4.90 Å². The molecule has 86 valence electrons. The Labute approximate surface area is 92.2 Å². The van der Waals surface area contributed by atoms with Crippen LogP contribution in [0.15, 0.2) is 23.0 Å². The van der Waals surface area contributed by atoms with E-state index in [-0.39, 0.29) is 6.04 Å². The lowest BCUT2D eigenvalue weighted by Gasteiger charge is -2.31. The molecule has 0 bridgehead atoms. The molecule has 1 rings (SSSR count). The molecular weight excluding hydrogens is 188 g/mol. The van der Waals surface area contributed by atoms with Crippen molar-refractivity contribution in [2.75, 3.05) is 13.6 Å². The van der Waals surface area contributed by atoms with Crippen molar-refractivity contribution in [2.45, 2.75) is 38.8 Å². The lowest BCUT2D eigenvalue weighted by atomic mass is 10.1. The zero-order valence-corrected chi connectivity index (χ0v) is 9.94. The van der Waals surface area contributed by atoms with Crippen molar-refractivity contribution in [3.63, 3.8) is 0 Å². The predicted octanol–water partition coefficient (Wildman–Crippen LogP) is 2.40. The Kier molecular flexibility index (Phi) is 4.85. The molecule has 0 saturated carbocycles. The molecule has 0 radical (unpaired) electrons. The van der Waals surface area contributed by atoms with Crippen molar-refractivity contribution in [3.8, 4) is 0 Å². The quantitative estimate of drug-likeness (QED) is 0.784. The molecule has 0 spiro atoms. The van der Waals surface area contributed by atoms with Crippen molar-refractivity contribution in [3.05, 3.63) is 24.2 Å². The molecule has 15 heavy (non-hydrogen) atoms. The normalized spacial score (nSPS) is 15.5. The maximum atomic E-state index is 5.82. The van der Waals surface area contributed by atoms with Gasteiger partial charge in [-0.25, -0.2) is 0 Å². The summed E-state index contributed by atoms with van der Waals surface area (Å²) in [7, 11) is 2.13. The van der Waals surface area contributed by atoms with E-state index in [0.29, 0.717) is 12.6 Å². The number of likely N-dealkylation sites (N-methyl/N-ethyl adjacent to an activating group) is 1. The third kappa shape index (κ3) is 3.08. The molecule has 0 aliphatic heterocycles. The largest absolute Gasteiger partial charge is 0.472 e. The van der Waals surface area contributed by atoms with Crippen LogP contribution in [0.4, 0.5) is 0 Å². The summed E-state index contributed by atoms with van der Waals surface area (Å²) in [6, 6.07) is 2.82. The van der Waals surface area contributed by atoms with E-state index in [2.05, 4.69) is 25.8 Å². The Morgan fingerprint density at radius 3 is 2.73 bits per heavy atom.